The van der Waals surface area contributed by atoms with Gasteiger partial charge in [-0.05, 0) is 109 Å². The molecule has 0 aromatic rings. The van der Waals surface area contributed by atoms with Crippen molar-refractivity contribution in [2.24, 2.45) is 0 Å². The Bertz CT molecular complexity index is 1700. The van der Waals surface area contributed by atoms with E-state index in [2.05, 4.69) is 123 Å². The number of esters is 1. The highest BCUT2D eigenvalue weighted by Gasteiger charge is 2.27. The molecule has 0 spiro atoms. The van der Waals surface area contributed by atoms with Crippen LogP contribution in [-0.2, 0) is 27.9 Å². The Hall–Kier alpha value is -3.33. The molecule has 0 rings (SSSR count). The summed E-state index contributed by atoms with van der Waals surface area (Å²) in [6, 6.07) is -0.909. The maximum atomic E-state index is 13.5. The smallest absolute Gasteiger partial charge is 0.306 e. The van der Waals surface area contributed by atoms with Crippen molar-refractivity contribution in [1.29, 1.82) is 0 Å². The van der Waals surface area contributed by atoms with Gasteiger partial charge in [-0.1, -0.05) is 246 Å². The van der Waals surface area contributed by atoms with Crippen molar-refractivity contribution in [1.82, 2.24) is 5.32 Å². The Morgan fingerprint density at radius 2 is 0.821 bits per heavy atom. The summed E-state index contributed by atoms with van der Waals surface area (Å²) in [4.78, 5) is 40.0. The summed E-state index contributed by atoms with van der Waals surface area (Å²) in [6.07, 6.45) is 77.7. The first-order chi connectivity index (χ1) is 37.9. The number of phosphoric acid groups is 1. The molecule has 3 atom stereocenters. The second kappa shape index (κ2) is 56.9. The van der Waals surface area contributed by atoms with Crippen LogP contribution in [0.2, 0.25) is 0 Å². The number of nitrogens with one attached hydrogen (secondary N) is 1. The average Bonchev–Trinajstić information content (AvgIpc) is 3.40. The number of hydrogen-bond donors (Lipinski definition) is 1. The van der Waals surface area contributed by atoms with E-state index in [-0.39, 0.29) is 31.3 Å². The molecule has 0 heterocycles. The fourth-order valence-electron chi connectivity index (χ4n) is 8.62. The average molecular weight is 1110 g/mol. The van der Waals surface area contributed by atoms with Gasteiger partial charge in [-0.3, -0.25) is 14.2 Å². The van der Waals surface area contributed by atoms with Crippen molar-refractivity contribution in [3.63, 3.8) is 0 Å². The molecule has 0 saturated heterocycles. The monoisotopic (exact) mass is 1110 g/mol. The molecule has 0 aromatic heterocycles. The van der Waals surface area contributed by atoms with Gasteiger partial charge < -0.3 is 28.5 Å². The third kappa shape index (κ3) is 57.4. The van der Waals surface area contributed by atoms with Crippen LogP contribution in [0.1, 0.15) is 258 Å². The first kappa shape index (κ1) is 74.7. The van der Waals surface area contributed by atoms with Crippen molar-refractivity contribution in [3.05, 3.63) is 109 Å². The molecule has 78 heavy (non-hydrogen) atoms. The lowest BCUT2D eigenvalue weighted by atomic mass is 10.0. The van der Waals surface area contributed by atoms with Crippen LogP contribution in [0, 0.1) is 0 Å². The lowest BCUT2D eigenvalue weighted by molar-refractivity contribution is -0.870. The minimum absolute atomic E-state index is 0.0329. The van der Waals surface area contributed by atoms with Crippen LogP contribution in [0.25, 0.3) is 0 Å². The quantitative estimate of drug-likeness (QED) is 0.0212. The molecule has 1 amide bonds. The van der Waals surface area contributed by atoms with E-state index in [0.29, 0.717) is 23.9 Å². The van der Waals surface area contributed by atoms with Crippen molar-refractivity contribution in [3.8, 4) is 0 Å². The molecule has 0 aliphatic carbocycles. The molecule has 1 N–H and O–H groups in total. The Balaban J connectivity index is 5.21. The summed E-state index contributed by atoms with van der Waals surface area (Å²) >= 11 is 0. The number of nitrogens with zero attached hydrogens (tertiary/aromatic N) is 1. The standard InChI is InChI=1S/C68H119N2O7P/c1-7-10-13-16-19-22-25-28-30-31-32-33-34-35-36-37-38-39-40-43-46-49-52-55-58-61-68(72)77-66(59-56-53-50-47-44-41-27-24-21-18-15-12-9-3)65(64-76-78(73,74)75-63-62-70(4,5)6)69-67(71)60-57-54-51-48-45-42-29-26-23-20-17-14-11-8-2/h10-11,13-14,19-20,22-23,28-30,32-33,35-36,42,56,59,65-66H,7-9,12,15-18,21,24-27,31,34,37-41,43-55,57-58,60-64H2,1-6H3,(H-,69,71,73,74)/b13-10-,14-11+,22-19-,23-20+,30-28-,33-32-,36-35-,42-29+,59-56-. The van der Waals surface area contributed by atoms with Crippen LogP contribution in [0.3, 0.4) is 0 Å². The fraction of sp³-hybridized carbons (Fsp3) is 0.706. The summed E-state index contributed by atoms with van der Waals surface area (Å²) in [5.41, 5.74) is 0. The summed E-state index contributed by atoms with van der Waals surface area (Å²) in [6.45, 7) is 6.59. The van der Waals surface area contributed by atoms with E-state index in [1.54, 1.807) is 0 Å². The Labute approximate surface area is 481 Å². The van der Waals surface area contributed by atoms with Gasteiger partial charge in [0.1, 0.15) is 19.3 Å². The molecule has 0 fully saturated rings. The maximum absolute atomic E-state index is 13.5. The number of amides is 1. The molecule has 0 radical (unpaired) electrons. The van der Waals surface area contributed by atoms with Gasteiger partial charge in [-0.2, -0.15) is 0 Å². The number of quaternary nitrogens is 1. The van der Waals surface area contributed by atoms with Gasteiger partial charge in [0, 0.05) is 12.8 Å². The Morgan fingerprint density at radius 3 is 1.23 bits per heavy atom. The minimum atomic E-state index is -4.71. The van der Waals surface area contributed by atoms with Gasteiger partial charge >= 0.3 is 5.97 Å². The van der Waals surface area contributed by atoms with Crippen LogP contribution in [0.4, 0.5) is 0 Å². The lowest BCUT2D eigenvalue weighted by Crippen LogP contribution is -2.47. The number of carbonyl (C=O) groups is 2. The van der Waals surface area contributed by atoms with Crippen molar-refractivity contribution in [2.45, 2.75) is 270 Å². The molecule has 9 nitrogen and oxygen atoms in total. The molecular weight excluding hydrogens is 988 g/mol. The molecule has 0 aliphatic heterocycles. The summed E-state index contributed by atoms with van der Waals surface area (Å²) in [5, 5.41) is 3.01. The zero-order chi connectivity index (χ0) is 57.2. The van der Waals surface area contributed by atoms with Crippen LogP contribution >= 0.6 is 7.82 Å². The second-order valence-corrected chi connectivity index (χ2v) is 23.6. The molecule has 0 aliphatic rings. The number of hydrogen-bond acceptors (Lipinski definition) is 7. The normalized spacial score (nSPS) is 14.4. The van der Waals surface area contributed by atoms with Gasteiger partial charge in [0.15, 0.2) is 0 Å². The van der Waals surface area contributed by atoms with Crippen LogP contribution in [-0.4, -0.2) is 69.4 Å². The predicted molar refractivity (Wildman–Crippen MR) is 334 cm³/mol. The largest absolute Gasteiger partial charge is 0.756 e. The van der Waals surface area contributed by atoms with Gasteiger partial charge in [0.2, 0.25) is 5.91 Å². The molecule has 3 unspecified atom stereocenters. The SMILES string of the molecule is CC/C=C\C/C=C\C/C=C\C/C=C\C/C=C\CCCCCCCCCCCC(=O)OC(/C=C\CCCCCCCCCCCCC)C(COP(=O)([O-])OCC[N+](C)(C)C)NC(=O)CCCCCC/C=C/C/C=C/C/C=C/CC. The van der Waals surface area contributed by atoms with Gasteiger partial charge in [0.05, 0.1) is 33.8 Å². The first-order valence-corrected chi connectivity index (χ1v) is 33.2. The summed E-state index contributed by atoms with van der Waals surface area (Å²) in [7, 11) is 1.15. The van der Waals surface area contributed by atoms with Crippen molar-refractivity contribution < 1.29 is 37.3 Å². The lowest BCUT2D eigenvalue weighted by Gasteiger charge is -2.30. The molecule has 0 saturated carbocycles. The van der Waals surface area contributed by atoms with Gasteiger partial charge in [-0.15, -0.1) is 0 Å². The van der Waals surface area contributed by atoms with E-state index >= 15 is 0 Å². The van der Waals surface area contributed by atoms with Gasteiger partial charge in [-0.25, -0.2) is 0 Å². The Morgan fingerprint density at radius 1 is 0.462 bits per heavy atom. The van der Waals surface area contributed by atoms with Crippen molar-refractivity contribution in [2.75, 3.05) is 40.9 Å². The first-order valence-electron chi connectivity index (χ1n) is 31.7. The van der Waals surface area contributed by atoms with E-state index in [9.17, 15) is 19.0 Å². The summed E-state index contributed by atoms with van der Waals surface area (Å²) in [5.74, 6) is -0.578. The van der Waals surface area contributed by atoms with E-state index in [0.717, 1.165) is 122 Å². The molecular formula is C68H119N2O7P. The third-order valence-electron chi connectivity index (χ3n) is 13.4. The van der Waals surface area contributed by atoms with E-state index < -0.39 is 26.6 Å². The van der Waals surface area contributed by atoms with E-state index in [4.69, 9.17) is 13.8 Å². The third-order valence-corrected chi connectivity index (χ3v) is 14.4. The predicted octanol–water partition coefficient (Wildman–Crippen LogP) is 19.1. The van der Waals surface area contributed by atoms with Crippen LogP contribution in [0.5, 0.6) is 0 Å². The van der Waals surface area contributed by atoms with Crippen molar-refractivity contribution >= 4 is 19.7 Å². The number of ether oxygens (including phenoxy) is 1. The van der Waals surface area contributed by atoms with Crippen LogP contribution in [0.15, 0.2) is 109 Å². The zero-order valence-electron chi connectivity index (χ0n) is 51.1. The highest BCUT2D eigenvalue weighted by molar-refractivity contribution is 7.45. The highest BCUT2D eigenvalue weighted by atomic mass is 31.2. The van der Waals surface area contributed by atoms with Crippen LogP contribution < -0.4 is 10.2 Å². The molecule has 0 bridgehead atoms. The minimum Gasteiger partial charge on any atom is -0.756 e. The summed E-state index contributed by atoms with van der Waals surface area (Å²) < 4.78 is 30.3. The number of rotatable bonds is 56. The number of unbranched alkanes of at least 4 members (excludes halogenated alkanes) is 24. The highest BCUT2D eigenvalue weighted by Crippen LogP contribution is 2.38. The molecule has 0 aromatic carbocycles. The Kier molecular flexibility index (Phi) is 54.5. The van der Waals surface area contributed by atoms with E-state index in [1.165, 1.54) is 89.9 Å². The molecule has 448 valence electrons. The number of allylic oxidation sites excluding steroid dienone is 17. The fourth-order valence-corrected chi connectivity index (χ4v) is 9.34. The maximum Gasteiger partial charge on any atom is 0.306 e. The van der Waals surface area contributed by atoms with Gasteiger partial charge in [0.25, 0.3) is 7.82 Å². The topological polar surface area (TPSA) is 114 Å². The number of likely N-dealkylation sites (N-methyl/N-ethyl adjacent to an activating group) is 1. The second-order valence-electron chi connectivity index (χ2n) is 22.1. The number of phosphoric ester groups is 1. The number of carbonyl (C=O) groups excluding carboxylic acids is 2. The van der Waals surface area contributed by atoms with E-state index in [1.807, 2.05) is 33.3 Å². The molecule has 10 heteroatoms. The zero-order valence-corrected chi connectivity index (χ0v) is 52.0.